The molecule has 27 heavy (non-hydrogen) atoms. The number of ether oxygens (including phenoxy) is 1. The van der Waals surface area contributed by atoms with Gasteiger partial charge in [-0.3, -0.25) is 0 Å². The van der Waals surface area contributed by atoms with Gasteiger partial charge in [0, 0.05) is 32.7 Å². The van der Waals surface area contributed by atoms with Gasteiger partial charge >= 0.3 is 6.09 Å². The maximum atomic E-state index is 13.2. The van der Waals surface area contributed by atoms with Gasteiger partial charge in [-0.1, -0.05) is 44.2 Å². The second-order valence-electron chi connectivity index (χ2n) is 7.56. The van der Waals surface area contributed by atoms with Crippen LogP contribution >= 0.6 is 0 Å². The molecule has 0 spiro atoms. The van der Waals surface area contributed by atoms with E-state index in [1.54, 1.807) is 4.90 Å². The molecule has 1 aliphatic heterocycles. The number of hydrogen-bond donors (Lipinski definition) is 0. The Morgan fingerprint density at radius 2 is 1.74 bits per heavy atom. The maximum Gasteiger partial charge on any atom is 0.410 e. The van der Waals surface area contributed by atoms with E-state index in [1.165, 1.54) is 8.61 Å². The number of nitrogens with zero attached hydrogens (tertiary/aromatic N) is 3. The smallest absolute Gasteiger partial charge is 0.410 e. The van der Waals surface area contributed by atoms with E-state index in [9.17, 15) is 13.2 Å². The van der Waals surface area contributed by atoms with Gasteiger partial charge in [-0.15, -0.1) is 0 Å². The van der Waals surface area contributed by atoms with Gasteiger partial charge in [-0.2, -0.15) is 17.0 Å². The summed E-state index contributed by atoms with van der Waals surface area (Å²) in [4.78, 5) is 14.1. The van der Waals surface area contributed by atoms with Crippen molar-refractivity contribution in [1.29, 1.82) is 0 Å². The number of amides is 1. The van der Waals surface area contributed by atoms with Crippen molar-refractivity contribution in [3.05, 3.63) is 35.9 Å². The highest BCUT2D eigenvalue weighted by molar-refractivity contribution is 7.86. The third kappa shape index (κ3) is 5.21. The highest BCUT2D eigenvalue weighted by Gasteiger charge is 2.40. The maximum absolute atomic E-state index is 13.2. The second-order valence-corrected chi connectivity index (χ2v) is 9.44. The number of carbonyl (C=O) groups excluding carboxylic acids is 1. The molecule has 1 saturated heterocycles. The lowest BCUT2D eigenvalue weighted by atomic mass is 10.0. The van der Waals surface area contributed by atoms with Gasteiger partial charge in [0.25, 0.3) is 10.2 Å². The van der Waals surface area contributed by atoms with Crippen molar-refractivity contribution in [3.63, 3.8) is 0 Å². The van der Waals surface area contributed by atoms with Crippen LogP contribution < -0.4 is 0 Å². The zero-order valence-electron chi connectivity index (χ0n) is 16.9. The standard InChI is InChI=1S/C19H31N3O4S/c1-6-21(7-2)27(24,25)22-14-13-20(18(23)26-19(3,4)5)15-17(22)16-11-9-8-10-12-16/h8-12,17H,6-7,13-15H2,1-5H3/t17-/m1/s1. The zero-order valence-corrected chi connectivity index (χ0v) is 17.7. The van der Waals surface area contributed by atoms with Crippen LogP contribution in [-0.4, -0.2) is 66.3 Å². The quantitative estimate of drug-likeness (QED) is 0.766. The fourth-order valence-corrected chi connectivity index (χ4v) is 4.95. The van der Waals surface area contributed by atoms with E-state index >= 15 is 0 Å². The fourth-order valence-electron chi connectivity index (χ4n) is 3.18. The Labute approximate surface area is 163 Å². The van der Waals surface area contributed by atoms with Crippen molar-refractivity contribution in [2.45, 2.75) is 46.3 Å². The van der Waals surface area contributed by atoms with Gasteiger partial charge in [-0.05, 0) is 26.3 Å². The summed E-state index contributed by atoms with van der Waals surface area (Å²) in [5.74, 6) is 0. The van der Waals surface area contributed by atoms with Crippen LogP contribution in [0.25, 0.3) is 0 Å². The van der Waals surface area contributed by atoms with E-state index in [4.69, 9.17) is 4.74 Å². The normalized spacial score (nSPS) is 19.3. The lowest BCUT2D eigenvalue weighted by Crippen LogP contribution is -2.56. The minimum absolute atomic E-state index is 0.234. The Balaban J connectivity index is 2.33. The van der Waals surface area contributed by atoms with Crippen LogP contribution in [-0.2, 0) is 14.9 Å². The van der Waals surface area contributed by atoms with Crippen LogP contribution in [0, 0.1) is 0 Å². The Bertz CT molecular complexity index is 727. The third-order valence-electron chi connectivity index (χ3n) is 4.50. The fraction of sp³-hybridized carbons (Fsp3) is 0.632. The molecule has 0 N–H and O–H groups in total. The molecule has 7 nitrogen and oxygen atoms in total. The summed E-state index contributed by atoms with van der Waals surface area (Å²) in [6.45, 7) is 10.7. The number of hydrogen-bond acceptors (Lipinski definition) is 4. The van der Waals surface area contributed by atoms with Gasteiger partial charge in [0.05, 0.1) is 6.04 Å². The van der Waals surface area contributed by atoms with E-state index in [0.717, 1.165) is 5.56 Å². The first kappa shape index (κ1) is 21.7. The Morgan fingerprint density at radius 1 is 1.15 bits per heavy atom. The Morgan fingerprint density at radius 3 is 2.26 bits per heavy atom. The molecule has 1 aliphatic rings. The van der Waals surface area contributed by atoms with Gasteiger partial charge < -0.3 is 9.64 Å². The van der Waals surface area contributed by atoms with Gasteiger partial charge in [-0.25, -0.2) is 4.79 Å². The first-order valence-corrected chi connectivity index (χ1v) is 10.8. The predicted molar refractivity (Wildman–Crippen MR) is 106 cm³/mol. The lowest BCUT2D eigenvalue weighted by molar-refractivity contribution is 0.0126. The number of benzene rings is 1. The lowest BCUT2D eigenvalue weighted by Gasteiger charge is -2.42. The van der Waals surface area contributed by atoms with Crippen molar-refractivity contribution in [2.24, 2.45) is 0 Å². The van der Waals surface area contributed by atoms with Crippen LogP contribution in [0.15, 0.2) is 30.3 Å². The van der Waals surface area contributed by atoms with E-state index in [0.29, 0.717) is 19.6 Å². The van der Waals surface area contributed by atoms with E-state index in [-0.39, 0.29) is 13.1 Å². The molecule has 0 bridgehead atoms. The van der Waals surface area contributed by atoms with Crippen LogP contribution in [0.4, 0.5) is 4.79 Å². The van der Waals surface area contributed by atoms with E-state index in [1.807, 2.05) is 65.0 Å². The molecule has 1 amide bonds. The minimum Gasteiger partial charge on any atom is -0.444 e. The van der Waals surface area contributed by atoms with Crippen LogP contribution in [0.5, 0.6) is 0 Å². The molecular formula is C19H31N3O4S. The number of rotatable bonds is 5. The summed E-state index contributed by atoms with van der Waals surface area (Å²) in [5, 5.41) is 0. The number of piperazine rings is 1. The first-order chi connectivity index (χ1) is 12.6. The number of carbonyl (C=O) groups is 1. The van der Waals surface area contributed by atoms with Crippen LogP contribution in [0.2, 0.25) is 0 Å². The van der Waals surface area contributed by atoms with Gasteiger partial charge in [0.1, 0.15) is 5.60 Å². The summed E-state index contributed by atoms with van der Waals surface area (Å²) in [6.07, 6.45) is -0.414. The molecule has 1 aromatic carbocycles. The van der Waals surface area contributed by atoms with Gasteiger partial charge in [0.2, 0.25) is 0 Å². The van der Waals surface area contributed by atoms with E-state index < -0.39 is 27.9 Å². The molecule has 0 aliphatic carbocycles. The Hall–Kier alpha value is -1.64. The molecule has 2 rings (SSSR count). The molecule has 8 heteroatoms. The minimum atomic E-state index is -3.62. The molecule has 1 aromatic rings. The average molecular weight is 398 g/mol. The summed E-state index contributed by atoms with van der Waals surface area (Å²) < 4.78 is 34.7. The molecule has 0 saturated carbocycles. The SMILES string of the molecule is CCN(CC)S(=O)(=O)N1CCN(C(=O)OC(C)(C)C)C[C@@H]1c1ccccc1. The third-order valence-corrected chi connectivity index (χ3v) is 6.69. The summed E-state index contributed by atoms with van der Waals surface area (Å²) in [6, 6.07) is 9.00. The highest BCUT2D eigenvalue weighted by Crippen LogP contribution is 2.30. The second kappa shape index (κ2) is 8.58. The van der Waals surface area contributed by atoms with Crippen molar-refractivity contribution < 1.29 is 17.9 Å². The Kier molecular flexibility index (Phi) is 6.88. The topological polar surface area (TPSA) is 70.2 Å². The van der Waals surface area contributed by atoms with Crippen LogP contribution in [0.1, 0.15) is 46.2 Å². The predicted octanol–water partition coefficient (Wildman–Crippen LogP) is 2.87. The molecule has 1 fully saturated rings. The van der Waals surface area contributed by atoms with Crippen molar-refractivity contribution in [2.75, 3.05) is 32.7 Å². The van der Waals surface area contributed by atoms with Gasteiger partial charge in [0.15, 0.2) is 0 Å². The molecule has 0 unspecified atom stereocenters. The van der Waals surface area contributed by atoms with Crippen LogP contribution in [0.3, 0.4) is 0 Å². The zero-order chi connectivity index (χ0) is 20.2. The first-order valence-electron chi connectivity index (χ1n) is 9.40. The summed E-state index contributed by atoms with van der Waals surface area (Å²) in [7, 11) is -3.62. The average Bonchev–Trinajstić information content (AvgIpc) is 2.61. The highest BCUT2D eigenvalue weighted by atomic mass is 32.2. The molecule has 0 aromatic heterocycles. The van der Waals surface area contributed by atoms with Crippen molar-refractivity contribution in [3.8, 4) is 0 Å². The van der Waals surface area contributed by atoms with E-state index in [2.05, 4.69) is 0 Å². The molecule has 152 valence electrons. The molecule has 0 radical (unpaired) electrons. The van der Waals surface area contributed by atoms with Crippen molar-refractivity contribution in [1.82, 2.24) is 13.5 Å². The monoisotopic (exact) mass is 397 g/mol. The summed E-state index contributed by atoms with van der Waals surface area (Å²) >= 11 is 0. The molecular weight excluding hydrogens is 366 g/mol. The summed E-state index contributed by atoms with van der Waals surface area (Å²) in [5.41, 5.74) is 0.269. The largest absolute Gasteiger partial charge is 0.444 e. The van der Waals surface area contributed by atoms with Crippen molar-refractivity contribution >= 4 is 16.3 Å². The molecule has 1 atom stereocenters. The molecule has 1 heterocycles.